The summed E-state index contributed by atoms with van der Waals surface area (Å²) in [6, 6.07) is 7.39. The van der Waals surface area contributed by atoms with Crippen LogP contribution in [0.3, 0.4) is 0 Å². The number of anilines is 2. The number of fused-ring (bicyclic) bond motifs is 1. The van der Waals surface area contributed by atoms with Crippen molar-refractivity contribution >= 4 is 45.7 Å². The third-order valence-electron chi connectivity index (χ3n) is 4.84. The van der Waals surface area contributed by atoms with Crippen molar-refractivity contribution in [3.05, 3.63) is 51.7 Å². The van der Waals surface area contributed by atoms with E-state index in [2.05, 4.69) is 53.7 Å². The van der Waals surface area contributed by atoms with Crippen molar-refractivity contribution < 1.29 is 0 Å². The number of nitrogens with one attached hydrogen (secondary N) is 2. The number of hydrazine groups is 1. The van der Waals surface area contributed by atoms with Gasteiger partial charge in [-0.25, -0.2) is 9.97 Å². The first-order valence-electron chi connectivity index (χ1n) is 10.3. The number of nitrogens with zero attached hydrogens (tertiary/aromatic N) is 6. The monoisotopic (exact) mass is 472 g/mol. The summed E-state index contributed by atoms with van der Waals surface area (Å²) < 4.78 is 1.80. The molecule has 8 nitrogen and oxygen atoms in total. The van der Waals surface area contributed by atoms with Crippen molar-refractivity contribution in [1.82, 2.24) is 25.2 Å². The van der Waals surface area contributed by atoms with E-state index in [9.17, 15) is 5.26 Å². The van der Waals surface area contributed by atoms with Crippen molar-refractivity contribution in [1.29, 1.82) is 5.26 Å². The number of nitriles is 1. The molecule has 0 amide bonds. The quantitative estimate of drug-likeness (QED) is 0.260. The zero-order valence-corrected chi connectivity index (χ0v) is 20.3. The highest BCUT2D eigenvalue weighted by Gasteiger charge is 2.19. The number of halogens is 2. The van der Waals surface area contributed by atoms with E-state index in [0.29, 0.717) is 24.0 Å². The summed E-state index contributed by atoms with van der Waals surface area (Å²) in [6.07, 6.45) is 2.24. The van der Waals surface area contributed by atoms with E-state index in [-0.39, 0.29) is 10.3 Å². The first-order chi connectivity index (χ1) is 15.2. The van der Waals surface area contributed by atoms with Gasteiger partial charge in [-0.3, -0.25) is 15.1 Å². The molecule has 0 spiro atoms. The minimum atomic E-state index is 0.252. The Hall–Kier alpha value is -3.02. The van der Waals surface area contributed by atoms with Crippen LogP contribution in [0.15, 0.2) is 30.1 Å². The summed E-state index contributed by atoms with van der Waals surface area (Å²) >= 11 is 12.0. The number of rotatable bonds is 8. The van der Waals surface area contributed by atoms with Crippen LogP contribution in [0.2, 0.25) is 10.3 Å². The van der Waals surface area contributed by atoms with Crippen LogP contribution in [0.1, 0.15) is 44.4 Å². The zero-order chi connectivity index (χ0) is 23.4. The van der Waals surface area contributed by atoms with Crippen LogP contribution in [-0.2, 0) is 7.05 Å². The van der Waals surface area contributed by atoms with Crippen LogP contribution in [0, 0.1) is 18.3 Å². The second-order valence-corrected chi connectivity index (χ2v) is 8.48. The Bertz CT molecular complexity index is 1170. The van der Waals surface area contributed by atoms with E-state index < -0.39 is 0 Å². The van der Waals surface area contributed by atoms with Crippen LogP contribution in [0.25, 0.3) is 11.0 Å². The fourth-order valence-corrected chi connectivity index (χ4v) is 3.97. The van der Waals surface area contributed by atoms with Gasteiger partial charge < -0.3 is 5.32 Å². The molecule has 0 aliphatic heterocycles. The molecule has 3 heterocycles. The van der Waals surface area contributed by atoms with Crippen LogP contribution in [-0.4, -0.2) is 26.3 Å². The van der Waals surface area contributed by atoms with Crippen LogP contribution in [0.5, 0.6) is 0 Å². The summed E-state index contributed by atoms with van der Waals surface area (Å²) in [5.74, 6) is 1.48. The minimum Gasteiger partial charge on any atom is -0.340 e. The lowest BCUT2D eigenvalue weighted by atomic mass is 9.99. The third-order valence-corrected chi connectivity index (χ3v) is 5.22. The van der Waals surface area contributed by atoms with Gasteiger partial charge in [-0.05, 0) is 43.0 Å². The number of aromatic nitrogens is 4. The van der Waals surface area contributed by atoms with Gasteiger partial charge >= 0.3 is 0 Å². The maximum atomic E-state index is 9.32. The standard InChI is InChI=1S/C22H26Cl2N8/c1-6-9-32(30-19(7-8-25)26-15-10-17(23)27-18(24)11-15)20-12-16(13(2)3)21-14(4)29-31(5)22(21)28-20/h7,10-13,30H,6,9H2,1-5H3,(H,26,27)/b19-7+. The maximum absolute atomic E-state index is 9.32. The molecular weight excluding hydrogens is 447 g/mol. The van der Waals surface area contributed by atoms with E-state index in [1.165, 1.54) is 11.6 Å². The Balaban J connectivity index is 2.01. The van der Waals surface area contributed by atoms with E-state index in [1.54, 1.807) is 16.8 Å². The molecule has 0 atom stereocenters. The van der Waals surface area contributed by atoms with Gasteiger partial charge in [-0.15, -0.1) is 0 Å². The van der Waals surface area contributed by atoms with Gasteiger partial charge in [0, 0.05) is 24.7 Å². The van der Waals surface area contributed by atoms with Crippen molar-refractivity contribution in [2.45, 2.75) is 40.0 Å². The van der Waals surface area contributed by atoms with E-state index in [4.69, 9.17) is 28.2 Å². The van der Waals surface area contributed by atoms with E-state index in [1.807, 2.05) is 19.0 Å². The molecule has 32 heavy (non-hydrogen) atoms. The molecule has 0 aliphatic carbocycles. The van der Waals surface area contributed by atoms with Crippen molar-refractivity contribution in [2.75, 3.05) is 16.9 Å². The molecule has 2 N–H and O–H groups in total. The maximum Gasteiger partial charge on any atom is 0.160 e. The van der Waals surface area contributed by atoms with Crippen LogP contribution >= 0.6 is 23.2 Å². The van der Waals surface area contributed by atoms with Crippen LogP contribution in [0.4, 0.5) is 11.5 Å². The first kappa shape index (κ1) is 23.6. The summed E-state index contributed by atoms with van der Waals surface area (Å²) in [4.78, 5) is 8.83. The third kappa shape index (κ3) is 5.23. The molecule has 0 bridgehead atoms. The molecule has 3 rings (SSSR count). The van der Waals surface area contributed by atoms with Crippen molar-refractivity contribution in [3.63, 3.8) is 0 Å². The molecule has 0 saturated heterocycles. The molecule has 3 aromatic heterocycles. The van der Waals surface area contributed by atoms with Gasteiger partial charge in [-0.1, -0.05) is 44.0 Å². The molecule has 0 unspecified atom stereocenters. The van der Waals surface area contributed by atoms with Gasteiger partial charge in [0.25, 0.3) is 0 Å². The zero-order valence-electron chi connectivity index (χ0n) is 18.7. The second kappa shape index (κ2) is 10.1. The first-order valence-corrected chi connectivity index (χ1v) is 11.1. The normalized spacial score (nSPS) is 11.7. The van der Waals surface area contributed by atoms with Crippen molar-refractivity contribution in [2.24, 2.45) is 7.05 Å². The topological polar surface area (TPSA) is 94.7 Å². The number of hydrogen-bond donors (Lipinski definition) is 2. The molecule has 0 saturated carbocycles. The second-order valence-electron chi connectivity index (χ2n) is 7.71. The highest BCUT2D eigenvalue weighted by atomic mass is 35.5. The molecule has 10 heteroatoms. The van der Waals surface area contributed by atoms with Gasteiger partial charge in [0.05, 0.1) is 17.8 Å². The van der Waals surface area contributed by atoms with E-state index in [0.717, 1.165) is 29.0 Å². The number of hydrogen-bond acceptors (Lipinski definition) is 7. The summed E-state index contributed by atoms with van der Waals surface area (Å²) in [5, 5.41) is 20.5. The Kier molecular flexibility index (Phi) is 7.44. The average molecular weight is 473 g/mol. The number of aryl methyl sites for hydroxylation is 2. The smallest absolute Gasteiger partial charge is 0.160 e. The molecule has 0 aromatic carbocycles. The Morgan fingerprint density at radius 2 is 1.94 bits per heavy atom. The summed E-state index contributed by atoms with van der Waals surface area (Å²) in [5.41, 5.74) is 6.83. The van der Waals surface area contributed by atoms with Gasteiger partial charge in [-0.2, -0.15) is 10.4 Å². The lowest BCUT2D eigenvalue weighted by Crippen LogP contribution is -2.41. The highest BCUT2D eigenvalue weighted by molar-refractivity contribution is 6.32. The Labute approximate surface area is 197 Å². The number of allylic oxidation sites excluding steroid dienone is 1. The molecule has 0 aliphatic rings. The fourth-order valence-electron chi connectivity index (χ4n) is 3.51. The number of pyridine rings is 2. The van der Waals surface area contributed by atoms with Gasteiger partial charge in [0.2, 0.25) is 0 Å². The largest absolute Gasteiger partial charge is 0.340 e. The summed E-state index contributed by atoms with van der Waals surface area (Å²) in [7, 11) is 1.90. The highest BCUT2D eigenvalue weighted by Crippen LogP contribution is 2.30. The minimum absolute atomic E-state index is 0.252. The predicted octanol–water partition coefficient (Wildman–Crippen LogP) is 5.30. The average Bonchev–Trinajstić information content (AvgIpc) is 3.00. The molecule has 3 aromatic rings. The van der Waals surface area contributed by atoms with Crippen molar-refractivity contribution in [3.8, 4) is 6.07 Å². The van der Waals surface area contributed by atoms with Gasteiger partial charge in [0.1, 0.15) is 21.9 Å². The van der Waals surface area contributed by atoms with Gasteiger partial charge in [0.15, 0.2) is 5.65 Å². The Morgan fingerprint density at radius 1 is 1.25 bits per heavy atom. The lowest BCUT2D eigenvalue weighted by molar-refractivity contribution is 0.677. The SMILES string of the molecule is CCCN(N/C(=C/C#N)Nc1cc(Cl)nc(Cl)c1)c1cc(C(C)C)c2c(C)nn(C)c2n1. The molecule has 168 valence electrons. The Morgan fingerprint density at radius 3 is 2.53 bits per heavy atom. The van der Waals surface area contributed by atoms with E-state index >= 15 is 0 Å². The molecular formula is C22H26Cl2N8. The fraction of sp³-hybridized carbons (Fsp3) is 0.364. The van der Waals surface area contributed by atoms with Crippen LogP contribution < -0.4 is 15.8 Å². The summed E-state index contributed by atoms with van der Waals surface area (Å²) in [6.45, 7) is 9.05. The molecule has 0 radical (unpaired) electrons. The molecule has 0 fully saturated rings. The lowest BCUT2D eigenvalue weighted by Gasteiger charge is -2.27. The predicted molar refractivity (Wildman–Crippen MR) is 130 cm³/mol.